The first-order valence-corrected chi connectivity index (χ1v) is 20.0. The van der Waals surface area contributed by atoms with E-state index in [0.717, 1.165) is 68.5 Å². The minimum absolute atomic E-state index is 0.114. The minimum atomic E-state index is -0.702. The van der Waals surface area contributed by atoms with E-state index in [1.54, 1.807) is 0 Å². The van der Waals surface area contributed by atoms with Crippen LogP contribution in [-0.4, -0.2) is 0 Å². The summed E-state index contributed by atoms with van der Waals surface area (Å²) < 4.78 is 48.1. The summed E-state index contributed by atoms with van der Waals surface area (Å²) in [5.41, 5.74) is 11.9. The quantitative estimate of drug-likeness (QED) is 0.106. The number of fused-ring (bicyclic) bond motifs is 3. The summed E-state index contributed by atoms with van der Waals surface area (Å²) in [6, 6.07) is 57.3. The highest BCUT2D eigenvalue weighted by Gasteiger charge is 2.46. The number of allylic oxidation sites excluding steroid dienone is 2. The van der Waals surface area contributed by atoms with E-state index in [4.69, 9.17) is 1.37 Å². The number of hydrogen-bond donors (Lipinski definition) is 0. The van der Waals surface area contributed by atoms with E-state index in [2.05, 4.69) is 116 Å². The van der Waals surface area contributed by atoms with Crippen LogP contribution in [0.25, 0.3) is 33.4 Å². The summed E-state index contributed by atoms with van der Waals surface area (Å²) in [4.78, 5) is 1.89. The predicted octanol–water partition coefficient (Wildman–Crippen LogP) is 15.1. The molecule has 0 spiro atoms. The average molecular weight is 751 g/mol. The van der Waals surface area contributed by atoms with Crippen molar-refractivity contribution in [3.63, 3.8) is 0 Å². The lowest BCUT2D eigenvalue weighted by molar-refractivity contribution is 0.768. The second-order valence-corrected chi connectivity index (χ2v) is 14.8. The second-order valence-electron chi connectivity index (χ2n) is 14.8. The lowest BCUT2D eigenvalue weighted by Crippen LogP contribution is -2.28. The molecule has 1 nitrogen and oxygen atoms in total. The molecule has 0 atom stereocenters. The molecule has 8 aromatic carbocycles. The molecule has 0 radical (unpaired) electrons. The Kier molecular flexibility index (Phi) is 8.73. The molecule has 8 aromatic rings. The third kappa shape index (κ3) is 6.69. The van der Waals surface area contributed by atoms with Crippen LogP contribution in [0.1, 0.15) is 53.1 Å². The van der Waals surface area contributed by atoms with Gasteiger partial charge in [0.25, 0.3) is 0 Å². The molecule has 0 N–H and O–H groups in total. The first-order chi connectivity index (χ1) is 30.8. The average Bonchev–Trinajstić information content (AvgIpc) is 3.63. The molecule has 1 aliphatic rings. The summed E-state index contributed by atoms with van der Waals surface area (Å²) in [7, 11) is 0. The largest absolute Gasteiger partial charge is 0.310 e. The Morgan fingerprint density at radius 1 is 0.431 bits per heavy atom. The molecular formula is C57H47N. The molecule has 0 unspecified atom stereocenters. The van der Waals surface area contributed by atoms with Gasteiger partial charge in [-0.05, 0) is 129 Å². The smallest absolute Gasteiger partial charge is 0.0714 e. The van der Waals surface area contributed by atoms with E-state index >= 15 is 0 Å². The fraction of sp³-hybridized carbons (Fsp3) is 0.0877. The van der Waals surface area contributed by atoms with E-state index in [9.17, 15) is 5.48 Å². The Labute approximate surface area is 351 Å². The van der Waals surface area contributed by atoms with Crippen LogP contribution in [0.5, 0.6) is 0 Å². The van der Waals surface area contributed by atoms with Crippen molar-refractivity contribution >= 4 is 17.1 Å². The number of rotatable bonds is 13. The summed E-state index contributed by atoms with van der Waals surface area (Å²) in [5, 5.41) is 0. The van der Waals surface area contributed by atoms with Crippen LogP contribution < -0.4 is 4.90 Å². The maximum atomic E-state index is 9.83. The van der Waals surface area contributed by atoms with E-state index in [1.165, 1.54) is 0 Å². The van der Waals surface area contributed by atoms with Crippen LogP contribution in [0.4, 0.5) is 17.1 Å². The number of aryl methyl sites for hydroxylation is 2. The van der Waals surface area contributed by atoms with Crippen LogP contribution in [-0.2, 0) is 18.3 Å². The molecule has 0 bridgehead atoms. The third-order valence-corrected chi connectivity index (χ3v) is 11.4. The fourth-order valence-corrected chi connectivity index (χ4v) is 8.68. The molecular weight excluding hydrogens is 699 g/mol. The van der Waals surface area contributed by atoms with Crippen LogP contribution in [0, 0.1) is 0 Å². The lowest BCUT2D eigenvalue weighted by atomic mass is 9.67. The van der Waals surface area contributed by atoms with E-state index in [1.807, 2.05) is 83.8 Å². The first-order valence-electron chi connectivity index (χ1n) is 22.5. The van der Waals surface area contributed by atoms with E-state index in [-0.39, 0.29) is 41.5 Å². The van der Waals surface area contributed by atoms with Crippen molar-refractivity contribution < 1.29 is 6.85 Å². The summed E-state index contributed by atoms with van der Waals surface area (Å²) in [5.74, 6) is 0. The van der Waals surface area contributed by atoms with Gasteiger partial charge in [-0.3, -0.25) is 0 Å². The van der Waals surface area contributed by atoms with Gasteiger partial charge in [-0.1, -0.05) is 176 Å². The van der Waals surface area contributed by atoms with Crippen molar-refractivity contribution in [2.75, 3.05) is 4.90 Å². The van der Waals surface area contributed by atoms with Crippen molar-refractivity contribution in [2.24, 2.45) is 0 Å². The minimum Gasteiger partial charge on any atom is -0.310 e. The van der Waals surface area contributed by atoms with Crippen molar-refractivity contribution in [2.45, 2.75) is 31.1 Å². The van der Waals surface area contributed by atoms with Gasteiger partial charge < -0.3 is 4.90 Å². The Morgan fingerprint density at radius 2 is 1.02 bits per heavy atom. The lowest BCUT2D eigenvalue weighted by Gasteiger charge is -2.35. The van der Waals surface area contributed by atoms with Gasteiger partial charge in [0.05, 0.1) is 12.3 Å². The molecule has 0 saturated heterocycles. The number of hydrogen-bond acceptors (Lipinski definition) is 1. The van der Waals surface area contributed by atoms with Crippen molar-refractivity contribution in [1.29, 1.82) is 0 Å². The van der Waals surface area contributed by atoms with Gasteiger partial charge >= 0.3 is 0 Å². The number of nitrogens with zero attached hydrogens (tertiary/aromatic N) is 1. The van der Waals surface area contributed by atoms with Gasteiger partial charge in [0.1, 0.15) is 0 Å². The van der Waals surface area contributed by atoms with Crippen LogP contribution in [0.15, 0.2) is 225 Å². The summed E-state index contributed by atoms with van der Waals surface area (Å²) >= 11 is 0. The van der Waals surface area contributed by atoms with Gasteiger partial charge in [-0.15, -0.1) is 13.2 Å². The molecule has 0 heterocycles. The molecule has 1 aliphatic carbocycles. The normalized spacial score (nSPS) is 13.6. The first kappa shape index (κ1) is 31.2. The number of anilines is 3. The third-order valence-electron chi connectivity index (χ3n) is 11.4. The molecule has 280 valence electrons. The standard InChI is InChI=1S/C57H47N/c1-3-5-19-43-31-32-47(39-45(43)20-6-4-2)44-33-35-50(36-34-44)58(51-28-18-23-46(40-51)42-21-10-7-11-22-42)52-37-38-54-53-29-16-17-30-55(53)57(56(54)41-52,48-24-12-8-13-25-48)49-26-14-9-15-27-49/h3-4,7-18,21-41H,1-2,5-6,19-20H2/i32D,33D,34D,35D,36D. The summed E-state index contributed by atoms with van der Waals surface area (Å²) in [6.45, 7) is 7.80. The van der Waals surface area contributed by atoms with E-state index < -0.39 is 5.41 Å². The highest BCUT2D eigenvalue weighted by Crippen LogP contribution is 2.57. The van der Waals surface area contributed by atoms with Crippen LogP contribution >= 0.6 is 0 Å². The van der Waals surface area contributed by atoms with Gasteiger partial charge in [-0.2, -0.15) is 0 Å². The Bertz CT molecular complexity index is 2930. The van der Waals surface area contributed by atoms with Crippen LogP contribution in [0.3, 0.4) is 0 Å². The zero-order valence-corrected chi connectivity index (χ0v) is 32.5. The summed E-state index contributed by atoms with van der Waals surface area (Å²) in [6.07, 6.45) is 6.60. The van der Waals surface area contributed by atoms with Crippen molar-refractivity contribution in [3.05, 3.63) is 259 Å². The Balaban J connectivity index is 1.31. The zero-order valence-electron chi connectivity index (χ0n) is 37.5. The predicted molar refractivity (Wildman–Crippen MR) is 246 cm³/mol. The highest BCUT2D eigenvalue weighted by molar-refractivity contribution is 5.90. The fourth-order valence-electron chi connectivity index (χ4n) is 8.68. The number of benzene rings is 8. The Morgan fingerprint density at radius 3 is 1.71 bits per heavy atom. The molecule has 0 fully saturated rings. The highest BCUT2D eigenvalue weighted by atomic mass is 15.1. The SMILES string of the molecule is [2H]c1cc(CCC=C)c(CCC=C)cc1-c1c([2H])c([2H])c(N(c2cccc(-c3ccccc3)c2)c2ccc3c(c2)C(c2ccccc2)(c2ccccc2)c2ccccc2-3)c([2H])c1[2H]. The molecule has 0 amide bonds. The van der Waals surface area contributed by atoms with Gasteiger partial charge in [-0.25, -0.2) is 0 Å². The monoisotopic (exact) mass is 750 g/mol. The maximum Gasteiger partial charge on any atom is 0.0714 e. The van der Waals surface area contributed by atoms with Crippen LogP contribution in [0.2, 0.25) is 0 Å². The maximum absolute atomic E-state index is 9.83. The molecule has 0 aliphatic heterocycles. The molecule has 9 rings (SSSR count). The Hall–Kier alpha value is -6.96. The molecule has 58 heavy (non-hydrogen) atoms. The zero-order chi connectivity index (χ0) is 43.7. The van der Waals surface area contributed by atoms with E-state index in [0.29, 0.717) is 29.8 Å². The molecule has 1 heteroatoms. The van der Waals surface area contributed by atoms with Gasteiger partial charge in [0.15, 0.2) is 0 Å². The molecule has 0 saturated carbocycles. The second kappa shape index (κ2) is 16.3. The van der Waals surface area contributed by atoms with Gasteiger partial charge in [0.2, 0.25) is 0 Å². The topological polar surface area (TPSA) is 3.24 Å². The van der Waals surface area contributed by atoms with Gasteiger partial charge in [0, 0.05) is 17.1 Å². The molecule has 0 aromatic heterocycles. The van der Waals surface area contributed by atoms with Crippen molar-refractivity contribution in [1.82, 2.24) is 0 Å². The van der Waals surface area contributed by atoms with Crippen molar-refractivity contribution in [3.8, 4) is 33.4 Å².